The number of benzene rings is 1. The molecule has 1 fully saturated rings. The summed E-state index contributed by atoms with van der Waals surface area (Å²) in [5.41, 5.74) is 0.859. The van der Waals surface area contributed by atoms with Gasteiger partial charge in [0.25, 0.3) is 0 Å². The van der Waals surface area contributed by atoms with Gasteiger partial charge in [0.15, 0.2) is 9.84 Å². The number of phenols is 1. The van der Waals surface area contributed by atoms with Crippen molar-refractivity contribution >= 4 is 9.84 Å². The average molecular weight is 269 g/mol. The van der Waals surface area contributed by atoms with E-state index in [2.05, 4.69) is 5.32 Å². The molecule has 1 heterocycles. The fourth-order valence-electron chi connectivity index (χ4n) is 2.27. The molecule has 2 N–H and O–H groups in total. The highest BCUT2D eigenvalue weighted by molar-refractivity contribution is 7.91. The molecule has 0 aromatic heterocycles. The maximum Gasteiger partial charge on any atom is 0.152 e. The van der Waals surface area contributed by atoms with Crippen LogP contribution in [0, 0.1) is 0 Å². The number of aromatic hydroxyl groups is 1. The highest BCUT2D eigenvalue weighted by Gasteiger charge is 2.21. The van der Waals surface area contributed by atoms with Crippen LogP contribution in [-0.2, 0) is 16.3 Å². The first-order valence-electron chi connectivity index (χ1n) is 6.27. The van der Waals surface area contributed by atoms with Gasteiger partial charge in [0.2, 0.25) is 0 Å². The third kappa shape index (κ3) is 3.99. The summed E-state index contributed by atoms with van der Waals surface area (Å²) in [5.74, 6) is 0.558. The minimum absolute atomic E-state index is 0.124. The standard InChI is InChI=1S/C13H19NO3S/c15-13-5-1-3-11(9-13)6-8-18(16,17)10-12-4-2-7-14-12/h1,3,5,9,12,14-15H,2,4,6-8,10H2. The molecule has 0 aliphatic carbocycles. The van der Waals surface area contributed by atoms with Crippen molar-refractivity contribution in [1.82, 2.24) is 5.32 Å². The van der Waals surface area contributed by atoms with Gasteiger partial charge in [0.1, 0.15) is 5.75 Å². The molecule has 1 aromatic rings. The van der Waals surface area contributed by atoms with Crippen LogP contribution in [0.4, 0.5) is 0 Å². The van der Waals surface area contributed by atoms with Crippen molar-refractivity contribution < 1.29 is 13.5 Å². The fraction of sp³-hybridized carbons (Fsp3) is 0.538. The van der Waals surface area contributed by atoms with Crippen LogP contribution in [0.15, 0.2) is 24.3 Å². The van der Waals surface area contributed by atoms with E-state index in [-0.39, 0.29) is 23.3 Å². The van der Waals surface area contributed by atoms with Gasteiger partial charge < -0.3 is 10.4 Å². The summed E-state index contributed by atoms with van der Waals surface area (Å²) in [5, 5.41) is 12.5. The molecule has 2 rings (SSSR count). The molecule has 1 aromatic carbocycles. The van der Waals surface area contributed by atoms with Gasteiger partial charge in [0.05, 0.1) is 11.5 Å². The van der Waals surface area contributed by atoms with Gasteiger partial charge >= 0.3 is 0 Å². The average Bonchev–Trinajstić information content (AvgIpc) is 2.79. The molecule has 18 heavy (non-hydrogen) atoms. The summed E-state index contributed by atoms with van der Waals surface area (Å²) in [6, 6.07) is 6.89. The Hall–Kier alpha value is -1.07. The van der Waals surface area contributed by atoms with E-state index >= 15 is 0 Å². The largest absolute Gasteiger partial charge is 0.508 e. The molecule has 1 atom stereocenters. The van der Waals surface area contributed by atoms with E-state index in [9.17, 15) is 13.5 Å². The Kier molecular flexibility index (Phi) is 4.24. The lowest BCUT2D eigenvalue weighted by atomic mass is 10.2. The zero-order valence-corrected chi connectivity index (χ0v) is 11.1. The van der Waals surface area contributed by atoms with Crippen molar-refractivity contribution in [2.45, 2.75) is 25.3 Å². The second-order valence-electron chi connectivity index (χ2n) is 4.83. The lowest BCUT2D eigenvalue weighted by molar-refractivity contribution is 0.474. The number of sulfone groups is 1. The van der Waals surface area contributed by atoms with E-state index in [4.69, 9.17) is 0 Å². The molecule has 1 unspecified atom stereocenters. The number of rotatable bonds is 5. The van der Waals surface area contributed by atoms with Crippen molar-refractivity contribution in [3.05, 3.63) is 29.8 Å². The van der Waals surface area contributed by atoms with E-state index in [0.717, 1.165) is 24.9 Å². The van der Waals surface area contributed by atoms with Crippen LogP contribution < -0.4 is 5.32 Å². The van der Waals surface area contributed by atoms with Crippen LogP contribution in [-0.4, -0.2) is 37.6 Å². The topological polar surface area (TPSA) is 66.4 Å². The second-order valence-corrected chi connectivity index (χ2v) is 7.06. The SMILES string of the molecule is O=S(=O)(CCc1cccc(O)c1)CC1CCCN1. The Morgan fingerprint density at radius 1 is 1.39 bits per heavy atom. The predicted molar refractivity (Wildman–Crippen MR) is 71.5 cm³/mol. The zero-order valence-electron chi connectivity index (χ0n) is 10.3. The lowest BCUT2D eigenvalue weighted by Gasteiger charge is -2.10. The van der Waals surface area contributed by atoms with Crippen molar-refractivity contribution in [2.24, 2.45) is 0 Å². The molecule has 0 spiro atoms. The molecule has 1 aliphatic rings. The van der Waals surface area contributed by atoms with Crippen molar-refractivity contribution in [3.8, 4) is 5.75 Å². The second kappa shape index (κ2) is 5.71. The maximum absolute atomic E-state index is 11.9. The Morgan fingerprint density at radius 3 is 2.89 bits per heavy atom. The molecular weight excluding hydrogens is 250 g/mol. The van der Waals surface area contributed by atoms with Crippen LogP contribution in [0.25, 0.3) is 0 Å². The first kappa shape index (κ1) is 13.4. The van der Waals surface area contributed by atoms with Crippen molar-refractivity contribution in [2.75, 3.05) is 18.1 Å². The highest BCUT2D eigenvalue weighted by atomic mass is 32.2. The quantitative estimate of drug-likeness (QED) is 0.840. The highest BCUT2D eigenvalue weighted by Crippen LogP contribution is 2.13. The van der Waals surface area contributed by atoms with E-state index in [0.29, 0.717) is 6.42 Å². The fourth-order valence-corrected chi connectivity index (χ4v) is 3.89. The molecule has 4 nitrogen and oxygen atoms in total. The number of nitrogens with one attached hydrogen (secondary N) is 1. The van der Waals surface area contributed by atoms with Crippen molar-refractivity contribution in [3.63, 3.8) is 0 Å². The van der Waals surface area contributed by atoms with Crippen LogP contribution in [0.5, 0.6) is 5.75 Å². The molecule has 1 aliphatic heterocycles. The van der Waals surface area contributed by atoms with Crippen LogP contribution in [0.3, 0.4) is 0 Å². The summed E-state index contributed by atoms with van der Waals surface area (Å²) in [6.45, 7) is 0.923. The van der Waals surface area contributed by atoms with Crippen LogP contribution in [0.2, 0.25) is 0 Å². The number of phenolic OH excluding ortho intramolecular Hbond substituents is 1. The monoisotopic (exact) mass is 269 g/mol. The normalized spacial score (nSPS) is 20.1. The molecule has 1 saturated heterocycles. The summed E-state index contributed by atoms with van der Waals surface area (Å²) in [7, 11) is -3.02. The van der Waals surface area contributed by atoms with E-state index in [1.807, 2.05) is 6.07 Å². The Balaban J connectivity index is 1.88. The smallest absolute Gasteiger partial charge is 0.152 e. The van der Waals surface area contributed by atoms with Gasteiger partial charge in [0, 0.05) is 6.04 Å². The minimum atomic E-state index is -3.02. The van der Waals surface area contributed by atoms with Crippen LogP contribution >= 0.6 is 0 Å². The maximum atomic E-state index is 11.9. The molecule has 100 valence electrons. The van der Waals surface area contributed by atoms with Crippen LogP contribution in [0.1, 0.15) is 18.4 Å². The number of hydrogen-bond acceptors (Lipinski definition) is 4. The van der Waals surface area contributed by atoms with Gasteiger partial charge in [-0.2, -0.15) is 0 Å². The molecule has 0 saturated carbocycles. The molecule has 0 amide bonds. The minimum Gasteiger partial charge on any atom is -0.508 e. The Morgan fingerprint density at radius 2 is 2.22 bits per heavy atom. The van der Waals surface area contributed by atoms with Gasteiger partial charge in [-0.1, -0.05) is 12.1 Å². The third-order valence-electron chi connectivity index (χ3n) is 3.23. The van der Waals surface area contributed by atoms with E-state index in [1.165, 1.54) is 0 Å². The number of aryl methyl sites for hydroxylation is 1. The summed E-state index contributed by atoms with van der Waals surface area (Å²) in [6.07, 6.45) is 2.47. The predicted octanol–water partition coefficient (Wildman–Crippen LogP) is 1.10. The summed E-state index contributed by atoms with van der Waals surface area (Å²) < 4.78 is 23.9. The first-order valence-corrected chi connectivity index (χ1v) is 8.09. The van der Waals surface area contributed by atoms with E-state index < -0.39 is 9.84 Å². The number of hydrogen-bond donors (Lipinski definition) is 2. The Labute approximate surface area is 108 Å². The van der Waals surface area contributed by atoms with E-state index in [1.54, 1.807) is 18.2 Å². The molecule has 0 radical (unpaired) electrons. The zero-order chi connectivity index (χ0) is 13.0. The van der Waals surface area contributed by atoms with Gasteiger partial charge in [-0.15, -0.1) is 0 Å². The summed E-state index contributed by atoms with van der Waals surface area (Å²) >= 11 is 0. The molecule has 0 bridgehead atoms. The third-order valence-corrected chi connectivity index (χ3v) is 4.97. The van der Waals surface area contributed by atoms with Gasteiger partial charge in [-0.25, -0.2) is 8.42 Å². The summed E-state index contributed by atoms with van der Waals surface area (Å²) in [4.78, 5) is 0. The Bertz CT molecular complexity index is 493. The molecule has 5 heteroatoms. The van der Waals surface area contributed by atoms with Gasteiger partial charge in [-0.3, -0.25) is 0 Å². The molecular formula is C13H19NO3S. The lowest BCUT2D eigenvalue weighted by Crippen LogP contribution is -2.31. The van der Waals surface area contributed by atoms with Gasteiger partial charge in [-0.05, 0) is 43.5 Å². The first-order chi connectivity index (χ1) is 8.55. The van der Waals surface area contributed by atoms with Crippen molar-refractivity contribution in [1.29, 1.82) is 0 Å².